The zero-order valence-corrected chi connectivity index (χ0v) is 16.7. The average Bonchev–Trinajstić information content (AvgIpc) is 2.78. The van der Waals surface area contributed by atoms with Crippen molar-refractivity contribution < 1.29 is 23.0 Å². The predicted molar refractivity (Wildman–Crippen MR) is 111 cm³/mol. The number of aromatic nitrogens is 2. The number of anilines is 2. The van der Waals surface area contributed by atoms with Crippen LogP contribution in [0.5, 0.6) is 0 Å². The van der Waals surface area contributed by atoms with Gasteiger partial charge in [0.25, 0.3) is 5.69 Å². The maximum atomic E-state index is 13.0. The van der Waals surface area contributed by atoms with Gasteiger partial charge >= 0.3 is 17.4 Å². The molecule has 2 aromatic heterocycles. The third kappa shape index (κ3) is 4.02. The number of piperazine rings is 1. The van der Waals surface area contributed by atoms with Crippen LogP contribution in [0.4, 0.5) is 36.1 Å². The van der Waals surface area contributed by atoms with Crippen molar-refractivity contribution in [1.82, 2.24) is 9.38 Å². The largest absolute Gasteiger partial charge is 0.416 e. The molecule has 0 saturated carbocycles. The van der Waals surface area contributed by atoms with Crippen molar-refractivity contribution in [3.05, 3.63) is 78.7 Å². The molecule has 0 spiro atoms. The van der Waals surface area contributed by atoms with Crippen LogP contribution in [0.15, 0.2) is 47.4 Å². The molecule has 1 aromatic carbocycles. The highest BCUT2D eigenvalue weighted by Crippen LogP contribution is 2.37. The van der Waals surface area contributed by atoms with E-state index in [0.717, 1.165) is 16.5 Å². The van der Waals surface area contributed by atoms with Gasteiger partial charge in [0.2, 0.25) is 5.82 Å². The summed E-state index contributed by atoms with van der Waals surface area (Å²) < 4.78 is 39.9. The molecule has 1 aliphatic rings. The second-order valence-electron chi connectivity index (χ2n) is 7.21. The molecule has 0 N–H and O–H groups in total. The van der Waals surface area contributed by atoms with E-state index in [1.54, 1.807) is 6.07 Å². The average molecular weight is 464 g/mol. The molecule has 0 bridgehead atoms. The number of pyridine rings is 1. The minimum Gasteiger partial charge on any atom is -0.362 e. The van der Waals surface area contributed by atoms with Gasteiger partial charge in [0.05, 0.1) is 15.4 Å². The maximum Gasteiger partial charge on any atom is 0.416 e. The van der Waals surface area contributed by atoms with Crippen LogP contribution in [0.2, 0.25) is 0 Å². The third-order valence-corrected chi connectivity index (χ3v) is 5.29. The number of nitrogens with zero attached hydrogens (tertiary/aromatic N) is 6. The van der Waals surface area contributed by atoms with Gasteiger partial charge in [-0.2, -0.15) is 13.2 Å². The van der Waals surface area contributed by atoms with Crippen LogP contribution in [0.25, 0.3) is 5.65 Å². The van der Waals surface area contributed by atoms with Gasteiger partial charge in [-0.25, -0.2) is 4.98 Å². The van der Waals surface area contributed by atoms with Gasteiger partial charge in [-0.05, 0) is 24.3 Å². The number of benzene rings is 1. The minimum absolute atomic E-state index is 0.00805. The molecule has 14 heteroatoms. The second kappa shape index (κ2) is 8.03. The number of nitro benzene ring substituents is 1. The molecule has 0 radical (unpaired) electrons. The van der Waals surface area contributed by atoms with E-state index in [1.807, 2.05) is 0 Å². The fraction of sp³-hybridized carbons (Fsp3) is 0.263. The van der Waals surface area contributed by atoms with Crippen LogP contribution in [0, 0.1) is 20.2 Å². The molecule has 33 heavy (non-hydrogen) atoms. The van der Waals surface area contributed by atoms with E-state index in [-0.39, 0.29) is 43.3 Å². The van der Waals surface area contributed by atoms with Crippen LogP contribution in [0.3, 0.4) is 0 Å². The van der Waals surface area contributed by atoms with Gasteiger partial charge in [0.1, 0.15) is 11.3 Å². The summed E-state index contributed by atoms with van der Waals surface area (Å²) in [6.07, 6.45) is -3.36. The second-order valence-corrected chi connectivity index (χ2v) is 7.21. The van der Waals surface area contributed by atoms with Gasteiger partial charge in [-0.1, -0.05) is 6.07 Å². The van der Waals surface area contributed by atoms with Crippen molar-refractivity contribution >= 4 is 28.5 Å². The summed E-state index contributed by atoms with van der Waals surface area (Å²) in [6, 6.07) is 6.98. The maximum absolute atomic E-state index is 13.0. The monoisotopic (exact) mass is 464 g/mol. The fourth-order valence-electron chi connectivity index (χ4n) is 3.72. The Morgan fingerprint density at radius 1 is 0.939 bits per heavy atom. The molecule has 3 aromatic rings. The van der Waals surface area contributed by atoms with Crippen molar-refractivity contribution in [3.63, 3.8) is 0 Å². The van der Waals surface area contributed by atoms with Crippen LogP contribution in [-0.4, -0.2) is 45.4 Å². The van der Waals surface area contributed by atoms with Crippen LogP contribution >= 0.6 is 0 Å². The van der Waals surface area contributed by atoms with Gasteiger partial charge < -0.3 is 9.80 Å². The Hall–Kier alpha value is -4.23. The molecule has 172 valence electrons. The summed E-state index contributed by atoms with van der Waals surface area (Å²) in [5.74, 6) is -0.127. The highest BCUT2D eigenvalue weighted by Gasteiger charge is 2.35. The van der Waals surface area contributed by atoms with Crippen molar-refractivity contribution in [2.24, 2.45) is 0 Å². The summed E-state index contributed by atoms with van der Waals surface area (Å²) in [5.41, 5.74) is -3.15. The number of nitro groups is 2. The molecular weight excluding hydrogens is 449 g/mol. The summed E-state index contributed by atoms with van der Waals surface area (Å²) in [6.45, 7) is 0.432. The Morgan fingerprint density at radius 3 is 2.21 bits per heavy atom. The number of halogens is 3. The molecule has 11 nitrogen and oxygen atoms in total. The molecule has 4 rings (SSSR count). The van der Waals surface area contributed by atoms with E-state index < -0.39 is 38.5 Å². The van der Waals surface area contributed by atoms with Gasteiger partial charge in [-0.3, -0.25) is 29.4 Å². The lowest BCUT2D eigenvalue weighted by atomic mass is 10.1. The van der Waals surface area contributed by atoms with E-state index >= 15 is 0 Å². The zero-order chi connectivity index (χ0) is 23.9. The van der Waals surface area contributed by atoms with Crippen molar-refractivity contribution in [3.8, 4) is 0 Å². The molecule has 0 atom stereocenters. The minimum atomic E-state index is -4.73. The van der Waals surface area contributed by atoms with Crippen molar-refractivity contribution in [1.29, 1.82) is 0 Å². The Labute approximate surface area is 182 Å². The number of hydrogen-bond acceptors (Lipinski definition) is 8. The topological polar surface area (TPSA) is 127 Å². The van der Waals surface area contributed by atoms with Gasteiger partial charge in [0, 0.05) is 38.4 Å². The van der Waals surface area contributed by atoms with E-state index in [0.29, 0.717) is 6.07 Å². The zero-order valence-electron chi connectivity index (χ0n) is 16.7. The molecule has 3 heterocycles. The number of rotatable bonds is 4. The number of hydrogen-bond donors (Lipinski definition) is 0. The van der Waals surface area contributed by atoms with Crippen molar-refractivity contribution in [2.45, 2.75) is 6.18 Å². The van der Waals surface area contributed by atoms with Crippen molar-refractivity contribution in [2.75, 3.05) is 36.0 Å². The summed E-state index contributed by atoms with van der Waals surface area (Å²) >= 11 is 0. The Morgan fingerprint density at radius 2 is 1.61 bits per heavy atom. The smallest absolute Gasteiger partial charge is 0.362 e. The fourth-order valence-corrected chi connectivity index (χ4v) is 3.72. The first-order chi connectivity index (χ1) is 15.6. The molecule has 0 unspecified atom stereocenters. The van der Waals surface area contributed by atoms with Gasteiger partial charge in [0.15, 0.2) is 0 Å². The highest BCUT2D eigenvalue weighted by atomic mass is 19.4. The molecule has 1 saturated heterocycles. The van der Waals surface area contributed by atoms with Crippen LogP contribution in [-0.2, 0) is 6.18 Å². The number of fused-ring (bicyclic) bond motifs is 1. The summed E-state index contributed by atoms with van der Waals surface area (Å²) in [4.78, 5) is 41.2. The molecule has 1 fully saturated rings. The first-order valence-electron chi connectivity index (χ1n) is 9.59. The van der Waals surface area contributed by atoms with Gasteiger partial charge in [-0.15, -0.1) is 0 Å². The van der Waals surface area contributed by atoms with Crippen LogP contribution in [0.1, 0.15) is 5.56 Å². The first-order valence-corrected chi connectivity index (χ1v) is 9.59. The predicted octanol–water partition coefficient (Wildman–Crippen LogP) is 2.86. The Kier molecular flexibility index (Phi) is 5.35. The third-order valence-electron chi connectivity index (χ3n) is 5.29. The van der Waals surface area contributed by atoms with E-state index in [9.17, 15) is 38.2 Å². The van der Waals surface area contributed by atoms with E-state index in [4.69, 9.17) is 0 Å². The molecule has 0 amide bonds. The van der Waals surface area contributed by atoms with Crippen LogP contribution < -0.4 is 15.4 Å². The van der Waals surface area contributed by atoms with E-state index in [2.05, 4.69) is 4.98 Å². The summed E-state index contributed by atoms with van der Waals surface area (Å²) in [5, 5.41) is 23.0. The first kappa shape index (κ1) is 22.0. The normalized spacial score (nSPS) is 14.5. The molecule has 0 aliphatic carbocycles. The summed E-state index contributed by atoms with van der Waals surface area (Å²) in [7, 11) is 0. The lowest BCUT2D eigenvalue weighted by molar-refractivity contribution is -0.385. The lowest BCUT2D eigenvalue weighted by Gasteiger charge is -2.36. The Balaban J connectivity index is 1.65. The quantitative estimate of drug-likeness (QED) is 0.426. The standard InChI is InChI=1S/C19H15F3N6O5/c20-19(21,22)12-4-5-13(14(11-12)27(30)31)24-7-9-25(10-8-24)17-16(28(32)33)18(29)26-6-2-1-3-15(26)23-17/h1-6,11H,7-10H2. The van der Waals surface area contributed by atoms with E-state index in [1.165, 1.54) is 28.1 Å². The Bertz CT molecular complexity index is 1320. The lowest BCUT2D eigenvalue weighted by Crippen LogP contribution is -2.47. The molecular formula is C19H15F3N6O5. The molecule has 1 aliphatic heterocycles. The highest BCUT2D eigenvalue weighted by molar-refractivity contribution is 5.67. The number of alkyl halides is 3. The SMILES string of the molecule is O=c1c([N+](=O)[O-])c(N2CCN(c3ccc(C(F)(F)F)cc3[N+](=O)[O-])CC2)nc2ccccn12.